The number of ether oxygens (including phenoxy) is 2. The summed E-state index contributed by atoms with van der Waals surface area (Å²) in [5.41, 5.74) is 3.06. The Bertz CT molecular complexity index is 1100. The topological polar surface area (TPSA) is 118 Å². The van der Waals surface area contributed by atoms with Crippen molar-refractivity contribution in [3.63, 3.8) is 0 Å². The molecule has 3 N–H and O–H groups in total. The van der Waals surface area contributed by atoms with Crippen LogP contribution in [-0.4, -0.2) is 43.7 Å². The molecule has 2 aromatic rings. The van der Waals surface area contributed by atoms with E-state index in [1.807, 2.05) is 6.92 Å². The van der Waals surface area contributed by atoms with Crippen LogP contribution in [0.3, 0.4) is 0 Å². The normalized spacial score (nSPS) is 11.6. The first-order valence-corrected chi connectivity index (χ1v) is 11.6. The van der Waals surface area contributed by atoms with Crippen LogP contribution in [0, 0.1) is 0 Å². The molecule has 34 heavy (non-hydrogen) atoms. The lowest BCUT2D eigenvalue weighted by Gasteiger charge is -2.14. The molecule has 0 heterocycles. The summed E-state index contributed by atoms with van der Waals surface area (Å²) >= 11 is 15.4. The van der Waals surface area contributed by atoms with Crippen LogP contribution >= 0.6 is 39.1 Å². The van der Waals surface area contributed by atoms with Gasteiger partial charge in [-0.05, 0) is 59.1 Å². The molecule has 2 rings (SSSR count). The van der Waals surface area contributed by atoms with Crippen LogP contribution in [0.4, 0.5) is 5.69 Å². The largest absolute Gasteiger partial charge is 0.493 e. The average Bonchev–Trinajstić information content (AvgIpc) is 2.80. The van der Waals surface area contributed by atoms with Gasteiger partial charge in [0.15, 0.2) is 18.1 Å². The second-order valence-electron chi connectivity index (χ2n) is 6.95. The van der Waals surface area contributed by atoms with Crippen LogP contribution in [0.5, 0.6) is 11.5 Å². The minimum absolute atomic E-state index is 0.125. The van der Waals surface area contributed by atoms with Gasteiger partial charge >= 0.3 is 11.8 Å². The Hall–Kier alpha value is -2.82. The van der Waals surface area contributed by atoms with E-state index < -0.39 is 17.7 Å². The Morgan fingerprint density at radius 2 is 1.94 bits per heavy atom. The lowest BCUT2D eigenvalue weighted by molar-refractivity contribution is -0.139. The SMILES string of the molecule is CC[C@@H](C)NC(=O)C(=O)N/N=C\c1cc(Br)c(OCC(=O)Nc2cccc(Cl)c2Cl)c(OC)c1. The number of nitrogens with zero attached hydrogens (tertiary/aromatic N) is 1. The van der Waals surface area contributed by atoms with Crippen LogP contribution in [0.1, 0.15) is 25.8 Å². The van der Waals surface area contributed by atoms with Gasteiger partial charge in [-0.25, -0.2) is 5.43 Å². The average molecular weight is 574 g/mol. The predicted octanol–water partition coefficient (Wildman–Crippen LogP) is 4.15. The molecule has 0 aliphatic heterocycles. The van der Waals surface area contributed by atoms with Crippen LogP contribution < -0.4 is 25.5 Å². The van der Waals surface area contributed by atoms with E-state index in [1.54, 1.807) is 37.3 Å². The van der Waals surface area contributed by atoms with Gasteiger partial charge in [-0.1, -0.05) is 36.2 Å². The summed E-state index contributed by atoms with van der Waals surface area (Å²) in [5, 5.41) is 9.49. The van der Waals surface area contributed by atoms with Crippen molar-refractivity contribution in [1.29, 1.82) is 0 Å². The second kappa shape index (κ2) is 13.2. The molecule has 182 valence electrons. The number of nitrogens with one attached hydrogen (secondary N) is 3. The van der Waals surface area contributed by atoms with Crippen molar-refractivity contribution < 1.29 is 23.9 Å². The number of halogens is 3. The zero-order valence-corrected chi connectivity index (χ0v) is 21.7. The van der Waals surface area contributed by atoms with Gasteiger partial charge in [0.25, 0.3) is 5.91 Å². The molecule has 0 bridgehead atoms. The zero-order chi connectivity index (χ0) is 25.3. The molecule has 3 amide bonds. The molecule has 0 saturated carbocycles. The van der Waals surface area contributed by atoms with E-state index in [-0.39, 0.29) is 23.4 Å². The number of rotatable bonds is 9. The number of carbonyl (C=O) groups is 3. The van der Waals surface area contributed by atoms with Gasteiger partial charge in [-0.2, -0.15) is 5.10 Å². The van der Waals surface area contributed by atoms with Crippen LogP contribution in [-0.2, 0) is 14.4 Å². The number of benzene rings is 2. The van der Waals surface area contributed by atoms with Gasteiger partial charge in [-0.3, -0.25) is 14.4 Å². The summed E-state index contributed by atoms with van der Waals surface area (Å²) in [6.45, 7) is 3.35. The smallest absolute Gasteiger partial charge is 0.329 e. The summed E-state index contributed by atoms with van der Waals surface area (Å²) in [4.78, 5) is 35.8. The molecule has 9 nitrogen and oxygen atoms in total. The molecule has 0 radical (unpaired) electrons. The van der Waals surface area contributed by atoms with Crippen LogP contribution in [0.15, 0.2) is 39.9 Å². The number of hydrogen-bond donors (Lipinski definition) is 3. The minimum Gasteiger partial charge on any atom is -0.493 e. The molecule has 0 aliphatic rings. The van der Waals surface area contributed by atoms with Crippen molar-refractivity contribution in [3.8, 4) is 11.5 Å². The van der Waals surface area contributed by atoms with E-state index in [4.69, 9.17) is 32.7 Å². The van der Waals surface area contributed by atoms with Gasteiger partial charge in [-0.15, -0.1) is 0 Å². The van der Waals surface area contributed by atoms with Crippen molar-refractivity contribution in [1.82, 2.24) is 10.7 Å². The van der Waals surface area contributed by atoms with E-state index >= 15 is 0 Å². The van der Waals surface area contributed by atoms with E-state index in [0.29, 0.717) is 32.9 Å². The highest BCUT2D eigenvalue weighted by atomic mass is 79.9. The van der Waals surface area contributed by atoms with Gasteiger partial charge in [0.2, 0.25) is 0 Å². The first-order chi connectivity index (χ1) is 16.2. The molecule has 2 aromatic carbocycles. The number of methoxy groups -OCH3 is 1. The quantitative estimate of drug-likeness (QED) is 0.237. The van der Waals surface area contributed by atoms with Gasteiger partial charge in [0.05, 0.1) is 33.5 Å². The second-order valence-corrected chi connectivity index (χ2v) is 8.59. The van der Waals surface area contributed by atoms with Crippen molar-refractivity contribution in [3.05, 3.63) is 50.4 Å². The highest BCUT2D eigenvalue weighted by Crippen LogP contribution is 2.36. The number of anilines is 1. The molecule has 0 unspecified atom stereocenters. The van der Waals surface area contributed by atoms with Crippen LogP contribution in [0.25, 0.3) is 0 Å². The fourth-order valence-electron chi connectivity index (χ4n) is 2.49. The maximum atomic E-state index is 12.3. The van der Waals surface area contributed by atoms with Gasteiger partial charge < -0.3 is 20.1 Å². The Kier molecular flexibility index (Phi) is 10.6. The third-order valence-electron chi connectivity index (χ3n) is 4.40. The van der Waals surface area contributed by atoms with Crippen molar-refractivity contribution in [2.45, 2.75) is 26.3 Å². The van der Waals surface area contributed by atoms with E-state index in [0.717, 1.165) is 0 Å². The van der Waals surface area contributed by atoms with Crippen molar-refractivity contribution >= 4 is 68.8 Å². The highest BCUT2D eigenvalue weighted by Gasteiger charge is 2.16. The van der Waals surface area contributed by atoms with E-state index in [1.165, 1.54) is 13.3 Å². The molecule has 12 heteroatoms. The summed E-state index contributed by atoms with van der Waals surface area (Å²) in [7, 11) is 1.43. The molecule has 0 saturated heterocycles. The van der Waals surface area contributed by atoms with E-state index in [2.05, 4.69) is 37.1 Å². The molecule has 0 aliphatic carbocycles. The first kappa shape index (κ1) is 27.4. The highest BCUT2D eigenvalue weighted by molar-refractivity contribution is 9.10. The fourth-order valence-corrected chi connectivity index (χ4v) is 3.41. The molecule has 1 atom stereocenters. The molecule has 0 aromatic heterocycles. The maximum absolute atomic E-state index is 12.3. The zero-order valence-electron chi connectivity index (χ0n) is 18.6. The van der Waals surface area contributed by atoms with Gasteiger partial charge in [0, 0.05) is 6.04 Å². The minimum atomic E-state index is -0.881. The van der Waals surface area contributed by atoms with Crippen molar-refractivity contribution in [2.24, 2.45) is 5.10 Å². The molecular weight excluding hydrogens is 551 g/mol. The third kappa shape index (κ3) is 7.89. The van der Waals surface area contributed by atoms with Gasteiger partial charge in [0.1, 0.15) is 0 Å². The Labute approximate surface area is 215 Å². The standard InChI is InChI=1S/C22H23BrCl2N4O5/c1-4-12(2)27-21(31)22(32)29-26-10-13-8-14(23)20(17(9-13)33-3)34-11-18(30)28-16-7-5-6-15(24)19(16)25/h5-10,12H,4,11H2,1-3H3,(H,27,31)(H,28,30)(H,29,32)/b26-10-/t12-/m1/s1. The summed E-state index contributed by atoms with van der Waals surface area (Å²) in [6.07, 6.45) is 2.03. The molecular formula is C22H23BrCl2N4O5. The number of amides is 3. The first-order valence-electron chi connectivity index (χ1n) is 10.0. The number of carbonyl (C=O) groups excluding carboxylic acids is 3. The molecule has 0 fully saturated rings. The third-order valence-corrected chi connectivity index (χ3v) is 5.81. The summed E-state index contributed by atoms with van der Waals surface area (Å²) in [5.74, 6) is -1.52. The monoisotopic (exact) mass is 572 g/mol. The number of hydrazone groups is 1. The number of hydrogen-bond acceptors (Lipinski definition) is 6. The lowest BCUT2D eigenvalue weighted by Crippen LogP contribution is -2.41. The molecule has 0 spiro atoms. The Morgan fingerprint density at radius 3 is 2.62 bits per heavy atom. The van der Waals surface area contributed by atoms with Crippen molar-refractivity contribution in [2.75, 3.05) is 19.0 Å². The van der Waals surface area contributed by atoms with Crippen LogP contribution in [0.2, 0.25) is 10.0 Å². The summed E-state index contributed by atoms with van der Waals surface area (Å²) in [6, 6.07) is 7.98. The van der Waals surface area contributed by atoms with E-state index in [9.17, 15) is 14.4 Å². The lowest BCUT2D eigenvalue weighted by atomic mass is 10.2. The Morgan fingerprint density at radius 1 is 1.21 bits per heavy atom. The Balaban J connectivity index is 2.01. The predicted molar refractivity (Wildman–Crippen MR) is 135 cm³/mol. The maximum Gasteiger partial charge on any atom is 0.329 e. The summed E-state index contributed by atoms with van der Waals surface area (Å²) < 4.78 is 11.4. The fraction of sp³-hybridized carbons (Fsp3) is 0.273.